The molecule has 4 fully saturated rings. The summed E-state index contributed by atoms with van der Waals surface area (Å²) < 4.78 is 82.3. The number of ether oxygens (including phenoxy) is 1. The third kappa shape index (κ3) is 4.74. The van der Waals surface area contributed by atoms with Crippen LogP contribution in [0.3, 0.4) is 0 Å². The molecule has 48 heavy (non-hydrogen) atoms. The number of halogens is 5. The summed E-state index contributed by atoms with van der Waals surface area (Å²) in [4.78, 5) is 31.5. The number of likely N-dealkylation sites (tertiary alicyclic amines) is 1. The van der Waals surface area contributed by atoms with Crippen LogP contribution in [0, 0.1) is 23.5 Å². The Morgan fingerprint density at radius 1 is 1.10 bits per heavy atom. The third-order valence-electron chi connectivity index (χ3n) is 10.3. The van der Waals surface area contributed by atoms with Crippen molar-refractivity contribution in [2.75, 3.05) is 43.4 Å². The minimum Gasteiger partial charge on any atom is -0.461 e. The molecule has 0 spiro atoms. The first-order valence-corrected chi connectivity index (χ1v) is 16.6. The summed E-state index contributed by atoms with van der Waals surface area (Å²) in [5, 5.41) is -0.217. The molecule has 2 N–H and O–H groups in total. The zero-order chi connectivity index (χ0) is 33.5. The van der Waals surface area contributed by atoms with Gasteiger partial charge < -0.3 is 20.3 Å². The number of rotatable bonds is 5. The highest BCUT2D eigenvalue weighted by Gasteiger charge is 2.50. The number of amides is 1. The Morgan fingerprint density at radius 2 is 1.88 bits per heavy atom. The quantitative estimate of drug-likeness (QED) is 0.214. The molecule has 6 heterocycles. The molecule has 0 unspecified atom stereocenters. The first-order chi connectivity index (χ1) is 23.0. The highest BCUT2D eigenvalue weighted by Crippen LogP contribution is 2.48. The van der Waals surface area contributed by atoms with Crippen LogP contribution in [0.5, 0.6) is 6.01 Å². The Hall–Kier alpha value is -4.29. The number of nitrogen functional groups attached to an aromatic ring is 1. The molecule has 250 valence electrons. The fraction of sp³-hybridized carbons (Fsp3) is 0.455. The molecule has 15 heteroatoms. The topological polar surface area (TPSA) is 101 Å². The number of hydrogen-bond donors (Lipinski definition) is 1. The van der Waals surface area contributed by atoms with Crippen LogP contribution in [0.15, 0.2) is 18.2 Å². The molecule has 0 bridgehead atoms. The molecule has 1 amide bonds. The van der Waals surface area contributed by atoms with E-state index in [1.54, 1.807) is 16.7 Å². The maximum Gasteiger partial charge on any atom is 0.417 e. The van der Waals surface area contributed by atoms with Gasteiger partial charge in [-0.05, 0) is 76.2 Å². The first-order valence-electron chi connectivity index (χ1n) is 15.8. The molecule has 2 aromatic heterocycles. The van der Waals surface area contributed by atoms with Gasteiger partial charge in [0.25, 0.3) is 5.91 Å². The molecule has 0 saturated carbocycles. The lowest BCUT2D eigenvalue weighted by atomic mass is 9.93. The average molecular weight is 684 g/mol. The van der Waals surface area contributed by atoms with Crippen molar-refractivity contribution in [2.45, 2.75) is 62.8 Å². The number of nitrogens with two attached hydrogens (primary N) is 1. The SMILES string of the molecule is CC#CC(=O)N1CC[C@@H]2[C@H]1CN2c1nc(OCC23CCCN2CCC3)nc2c(F)c(-c3ccc(F)c4sc(N)nc34)c(C(F)(F)F)cc12. The van der Waals surface area contributed by atoms with Gasteiger partial charge in [-0.1, -0.05) is 17.3 Å². The zero-order valence-corrected chi connectivity index (χ0v) is 26.6. The van der Waals surface area contributed by atoms with Crippen molar-refractivity contribution in [1.29, 1.82) is 0 Å². The molecule has 4 aromatic rings. The van der Waals surface area contributed by atoms with Crippen LogP contribution in [-0.2, 0) is 11.0 Å². The van der Waals surface area contributed by atoms with Crippen LogP contribution >= 0.6 is 11.3 Å². The van der Waals surface area contributed by atoms with E-state index in [0.717, 1.165) is 68.3 Å². The highest BCUT2D eigenvalue weighted by atomic mass is 32.1. The van der Waals surface area contributed by atoms with E-state index in [1.807, 2.05) is 0 Å². The highest BCUT2D eigenvalue weighted by molar-refractivity contribution is 7.22. The van der Waals surface area contributed by atoms with Gasteiger partial charge in [0.15, 0.2) is 10.9 Å². The van der Waals surface area contributed by atoms with Crippen molar-refractivity contribution in [3.8, 4) is 29.0 Å². The predicted molar refractivity (Wildman–Crippen MR) is 170 cm³/mol. The maximum absolute atomic E-state index is 16.9. The lowest BCUT2D eigenvalue weighted by molar-refractivity contribution is -0.137. The number of alkyl halides is 3. The zero-order valence-electron chi connectivity index (χ0n) is 25.8. The van der Waals surface area contributed by atoms with E-state index in [2.05, 4.69) is 31.7 Å². The summed E-state index contributed by atoms with van der Waals surface area (Å²) in [5.74, 6) is 2.96. The van der Waals surface area contributed by atoms with Crippen LogP contribution in [0.1, 0.15) is 44.6 Å². The molecule has 8 rings (SSSR count). The summed E-state index contributed by atoms with van der Waals surface area (Å²) in [6.45, 7) is 4.43. The minimum atomic E-state index is -5.01. The number of fused-ring (bicyclic) bond motifs is 4. The lowest BCUT2D eigenvalue weighted by Gasteiger charge is -2.47. The van der Waals surface area contributed by atoms with Crippen molar-refractivity contribution < 1.29 is 31.5 Å². The summed E-state index contributed by atoms with van der Waals surface area (Å²) in [6, 6.07) is 2.27. The summed E-state index contributed by atoms with van der Waals surface area (Å²) in [5.41, 5.74) is 2.73. The number of thiazole rings is 1. The monoisotopic (exact) mass is 683 g/mol. The Kier molecular flexibility index (Phi) is 7.19. The van der Waals surface area contributed by atoms with E-state index in [-0.39, 0.29) is 80.3 Å². The van der Waals surface area contributed by atoms with E-state index in [1.165, 1.54) is 0 Å². The van der Waals surface area contributed by atoms with Gasteiger partial charge >= 0.3 is 12.2 Å². The fourth-order valence-corrected chi connectivity index (χ4v) is 8.87. The van der Waals surface area contributed by atoms with E-state index >= 15 is 4.39 Å². The minimum absolute atomic E-state index is 0.0695. The smallest absolute Gasteiger partial charge is 0.417 e. The lowest BCUT2D eigenvalue weighted by Crippen LogP contribution is -2.63. The van der Waals surface area contributed by atoms with Gasteiger partial charge in [0.05, 0.1) is 33.4 Å². The Bertz CT molecular complexity index is 2050. The van der Waals surface area contributed by atoms with Gasteiger partial charge in [-0.15, -0.1) is 0 Å². The van der Waals surface area contributed by atoms with Crippen LogP contribution < -0.4 is 15.4 Å². The third-order valence-corrected chi connectivity index (χ3v) is 11.2. The van der Waals surface area contributed by atoms with Crippen LogP contribution in [0.25, 0.3) is 32.2 Å². The summed E-state index contributed by atoms with van der Waals surface area (Å²) >= 11 is 0.765. The van der Waals surface area contributed by atoms with Crippen molar-refractivity contribution >= 4 is 49.3 Å². The maximum atomic E-state index is 16.9. The molecule has 2 atom stereocenters. The number of carbonyl (C=O) groups is 1. The van der Waals surface area contributed by atoms with Gasteiger partial charge in [-0.25, -0.2) is 13.8 Å². The summed E-state index contributed by atoms with van der Waals surface area (Å²) in [7, 11) is 0. The standard InChI is InChI=1S/C33H30F5N7O2S/c1-2-5-23(46)44-13-8-21-22(44)15-45(21)29-18-14-19(33(36,37)38)24(17-6-7-20(34)28-27(17)40-30(39)48-28)25(35)26(18)41-31(42-29)47-16-32-9-3-11-43(32)12-4-10-32/h6-7,14,21-22H,3-4,8-13,15-16H2,1H3,(H2,39,40)/t21-,22-/m1/s1. The summed E-state index contributed by atoms with van der Waals surface area (Å²) in [6.07, 6.45) is -0.579. The second-order valence-electron chi connectivity index (χ2n) is 12.8. The van der Waals surface area contributed by atoms with Gasteiger partial charge in [0.1, 0.15) is 23.8 Å². The molecule has 9 nitrogen and oxygen atoms in total. The van der Waals surface area contributed by atoms with Gasteiger partial charge in [0.2, 0.25) is 0 Å². The molecular weight excluding hydrogens is 653 g/mol. The molecule has 0 radical (unpaired) electrons. The second kappa shape index (κ2) is 11.1. The largest absolute Gasteiger partial charge is 0.461 e. The molecule has 0 aliphatic carbocycles. The molecule has 4 aliphatic heterocycles. The molecule has 2 aromatic carbocycles. The molecule has 4 aliphatic rings. The number of benzene rings is 2. The normalized spacial score (nSPS) is 21.7. The average Bonchev–Trinajstić information content (AvgIpc) is 3.79. The van der Waals surface area contributed by atoms with Crippen LogP contribution in [0.2, 0.25) is 0 Å². The van der Waals surface area contributed by atoms with Gasteiger partial charge in [-0.3, -0.25) is 9.69 Å². The number of carbonyl (C=O) groups excluding carboxylic acids is 1. The second-order valence-corrected chi connectivity index (χ2v) is 13.8. The van der Waals surface area contributed by atoms with E-state index in [9.17, 15) is 22.4 Å². The van der Waals surface area contributed by atoms with Crippen LogP contribution in [-0.4, -0.2) is 81.1 Å². The van der Waals surface area contributed by atoms with E-state index in [0.29, 0.717) is 13.0 Å². The van der Waals surface area contributed by atoms with Crippen molar-refractivity contribution in [1.82, 2.24) is 24.8 Å². The molecular formula is C33H30F5N7O2S. The van der Waals surface area contributed by atoms with Gasteiger partial charge in [-0.2, -0.15) is 23.1 Å². The Labute approximate surface area is 275 Å². The number of hydrogen-bond acceptors (Lipinski definition) is 9. The van der Waals surface area contributed by atoms with Gasteiger partial charge in [0, 0.05) is 29.6 Å². The van der Waals surface area contributed by atoms with Crippen molar-refractivity contribution in [3.63, 3.8) is 0 Å². The number of aromatic nitrogens is 3. The van der Waals surface area contributed by atoms with E-state index in [4.69, 9.17) is 10.5 Å². The van der Waals surface area contributed by atoms with E-state index < -0.39 is 28.9 Å². The van der Waals surface area contributed by atoms with Crippen molar-refractivity contribution in [2.24, 2.45) is 0 Å². The van der Waals surface area contributed by atoms with Crippen molar-refractivity contribution in [3.05, 3.63) is 35.4 Å². The Balaban J connectivity index is 1.29. The number of nitrogens with zero attached hydrogens (tertiary/aromatic N) is 6. The molecule has 4 saturated heterocycles. The first kappa shape index (κ1) is 31.0. The Morgan fingerprint density at radius 3 is 2.60 bits per heavy atom. The predicted octanol–water partition coefficient (Wildman–Crippen LogP) is 5.61. The van der Waals surface area contributed by atoms with Crippen LogP contribution in [0.4, 0.5) is 32.9 Å². The number of anilines is 2. The fourth-order valence-electron chi connectivity index (χ4n) is 8.11.